The van der Waals surface area contributed by atoms with Crippen molar-refractivity contribution >= 4 is 44.6 Å². The Morgan fingerprint density at radius 1 is 1.18 bits per heavy atom. The third kappa shape index (κ3) is 2.90. The van der Waals surface area contributed by atoms with Crippen LogP contribution in [0.2, 0.25) is 5.02 Å². The average Bonchev–Trinajstić information content (AvgIpc) is 2.29. The van der Waals surface area contributed by atoms with E-state index < -0.39 is 5.82 Å². The van der Waals surface area contributed by atoms with E-state index in [4.69, 9.17) is 17.3 Å². The first-order valence-corrected chi connectivity index (χ1v) is 6.00. The van der Waals surface area contributed by atoms with E-state index in [9.17, 15) is 4.39 Å². The predicted molar refractivity (Wildman–Crippen MR) is 73.2 cm³/mol. The van der Waals surface area contributed by atoms with Gasteiger partial charge in [-0.2, -0.15) is 0 Å². The maximum absolute atomic E-state index is 13.1. The van der Waals surface area contributed by atoms with Crippen molar-refractivity contribution in [2.24, 2.45) is 0 Å². The molecule has 0 spiro atoms. The summed E-state index contributed by atoms with van der Waals surface area (Å²) in [5.41, 5.74) is 7.44. The molecule has 0 amide bonds. The van der Waals surface area contributed by atoms with Gasteiger partial charge in [-0.15, -0.1) is 0 Å². The van der Waals surface area contributed by atoms with Crippen LogP contribution in [0.5, 0.6) is 0 Å². The summed E-state index contributed by atoms with van der Waals surface area (Å²) < 4.78 is 14.1. The summed E-state index contributed by atoms with van der Waals surface area (Å²) in [7, 11) is 0. The molecule has 88 valence electrons. The summed E-state index contributed by atoms with van der Waals surface area (Å²) in [6.07, 6.45) is 0. The Balaban J connectivity index is 2.30. The Morgan fingerprint density at radius 3 is 2.47 bits per heavy atom. The number of nitrogen functional groups attached to an aromatic ring is 1. The number of hydrogen-bond donors (Lipinski definition) is 2. The Bertz CT molecular complexity index is 543. The lowest BCUT2D eigenvalue weighted by molar-refractivity contribution is 0.629. The number of nitrogens with two attached hydrogens (primary N) is 1. The zero-order chi connectivity index (χ0) is 12.4. The molecule has 0 saturated heterocycles. The topological polar surface area (TPSA) is 38.0 Å². The van der Waals surface area contributed by atoms with Gasteiger partial charge in [-0.3, -0.25) is 0 Å². The van der Waals surface area contributed by atoms with Crippen LogP contribution < -0.4 is 11.1 Å². The second-order valence-electron chi connectivity index (χ2n) is 3.49. The van der Waals surface area contributed by atoms with Crippen LogP contribution in [0.4, 0.5) is 21.5 Å². The monoisotopic (exact) mass is 314 g/mol. The second kappa shape index (κ2) is 4.94. The number of benzene rings is 2. The van der Waals surface area contributed by atoms with Crippen LogP contribution in [0.1, 0.15) is 0 Å². The molecule has 0 saturated carbocycles. The number of hydrogen-bond acceptors (Lipinski definition) is 2. The average molecular weight is 316 g/mol. The molecule has 0 radical (unpaired) electrons. The van der Waals surface area contributed by atoms with E-state index in [1.165, 1.54) is 12.1 Å². The van der Waals surface area contributed by atoms with Gasteiger partial charge in [0, 0.05) is 16.2 Å². The lowest BCUT2D eigenvalue weighted by Crippen LogP contribution is -1.97. The highest BCUT2D eigenvalue weighted by atomic mass is 79.9. The largest absolute Gasteiger partial charge is 0.397 e. The molecule has 0 fully saturated rings. The molecule has 2 aromatic carbocycles. The molecule has 2 aromatic rings. The first-order chi connectivity index (χ1) is 8.06. The molecule has 0 heterocycles. The molecule has 2 rings (SSSR count). The summed E-state index contributed by atoms with van der Waals surface area (Å²) >= 11 is 9.04. The van der Waals surface area contributed by atoms with Crippen LogP contribution in [0.25, 0.3) is 0 Å². The van der Waals surface area contributed by atoms with Gasteiger partial charge in [0.05, 0.1) is 16.4 Å². The molecule has 0 bridgehead atoms. The van der Waals surface area contributed by atoms with Crippen LogP contribution in [-0.2, 0) is 0 Å². The van der Waals surface area contributed by atoms with E-state index in [1.807, 2.05) is 24.3 Å². The smallest absolute Gasteiger partial charge is 0.143 e. The first-order valence-electron chi connectivity index (χ1n) is 4.83. The molecule has 0 aliphatic carbocycles. The van der Waals surface area contributed by atoms with Gasteiger partial charge < -0.3 is 11.1 Å². The van der Waals surface area contributed by atoms with Gasteiger partial charge in [-0.1, -0.05) is 27.5 Å². The van der Waals surface area contributed by atoms with E-state index in [-0.39, 0.29) is 5.02 Å². The molecule has 0 unspecified atom stereocenters. The van der Waals surface area contributed by atoms with E-state index in [0.717, 1.165) is 10.2 Å². The van der Waals surface area contributed by atoms with Crippen molar-refractivity contribution in [3.05, 3.63) is 51.7 Å². The molecule has 0 aliphatic rings. The van der Waals surface area contributed by atoms with Gasteiger partial charge in [0.2, 0.25) is 0 Å². The molecule has 0 aliphatic heterocycles. The first kappa shape index (κ1) is 12.2. The van der Waals surface area contributed by atoms with Gasteiger partial charge in [-0.05, 0) is 30.3 Å². The van der Waals surface area contributed by atoms with Crippen molar-refractivity contribution < 1.29 is 4.39 Å². The molecular formula is C12H9BrClFN2. The third-order valence-corrected chi connectivity index (χ3v) is 3.03. The minimum absolute atomic E-state index is 0.0406. The summed E-state index contributed by atoms with van der Waals surface area (Å²) in [6, 6.07) is 10.2. The number of nitrogens with one attached hydrogen (secondary N) is 1. The zero-order valence-electron chi connectivity index (χ0n) is 8.68. The highest BCUT2D eigenvalue weighted by molar-refractivity contribution is 9.10. The third-order valence-electron chi connectivity index (χ3n) is 2.22. The van der Waals surface area contributed by atoms with Crippen LogP contribution in [0, 0.1) is 5.82 Å². The molecule has 2 nitrogen and oxygen atoms in total. The quantitative estimate of drug-likeness (QED) is 0.797. The Kier molecular flexibility index (Phi) is 3.54. The van der Waals surface area contributed by atoms with Gasteiger partial charge in [0.15, 0.2) is 0 Å². The maximum Gasteiger partial charge on any atom is 0.143 e. The van der Waals surface area contributed by atoms with Crippen LogP contribution in [0.3, 0.4) is 0 Å². The van der Waals surface area contributed by atoms with Crippen molar-refractivity contribution in [3.63, 3.8) is 0 Å². The maximum atomic E-state index is 13.1. The van der Waals surface area contributed by atoms with E-state index in [2.05, 4.69) is 21.2 Å². The molecule has 0 atom stereocenters. The molecule has 0 aromatic heterocycles. The number of halogens is 3. The van der Waals surface area contributed by atoms with Crippen LogP contribution >= 0.6 is 27.5 Å². The van der Waals surface area contributed by atoms with E-state index in [0.29, 0.717) is 11.4 Å². The van der Waals surface area contributed by atoms with Crippen molar-refractivity contribution in [2.75, 3.05) is 11.1 Å². The van der Waals surface area contributed by atoms with Crippen LogP contribution in [-0.4, -0.2) is 0 Å². The fourth-order valence-corrected chi connectivity index (χ4v) is 1.79. The second-order valence-corrected chi connectivity index (χ2v) is 4.81. The standard InChI is InChI=1S/C12H9BrClFN2/c13-7-1-3-8(4-2-7)17-12-5-9(14)10(15)6-11(12)16/h1-6,17H,16H2. The van der Waals surface area contributed by atoms with Crippen LogP contribution in [0.15, 0.2) is 40.9 Å². The fraction of sp³-hybridized carbons (Fsp3) is 0. The normalized spacial score (nSPS) is 10.3. The molecule has 17 heavy (non-hydrogen) atoms. The predicted octanol–water partition coefficient (Wildman–Crippen LogP) is 4.57. The van der Waals surface area contributed by atoms with Gasteiger partial charge >= 0.3 is 0 Å². The molecule has 5 heteroatoms. The summed E-state index contributed by atoms with van der Waals surface area (Å²) in [5.74, 6) is -0.523. The Hall–Kier alpha value is -1.26. The van der Waals surface area contributed by atoms with Crippen molar-refractivity contribution in [3.8, 4) is 0 Å². The minimum Gasteiger partial charge on any atom is -0.397 e. The summed E-state index contributed by atoms with van der Waals surface area (Å²) in [4.78, 5) is 0. The highest BCUT2D eigenvalue weighted by Gasteiger charge is 2.06. The lowest BCUT2D eigenvalue weighted by Gasteiger charge is -2.10. The summed E-state index contributed by atoms with van der Waals surface area (Å²) in [5, 5.41) is 3.11. The number of rotatable bonds is 2. The van der Waals surface area contributed by atoms with Crippen molar-refractivity contribution in [1.29, 1.82) is 0 Å². The zero-order valence-corrected chi connectivity index (χ0v) is 11.0. The van der Waals surface area contributed by atoms with Gasteiger partial charge in [0.25, 0.3) is 0 Å². The summed E-state index contributed by atoms with van der Waals surface area (Å²) in [6.45, 7) is 0. The fourth-order valence-electron chi connectivity index (χ4n) is 1.36. The number of anilines is 3. The minimum atomic E-state index is -0.523. The van der Waals surface area contributed by atoms with Crippen molar-refractivity contribution in [2.45, 2.75) is 0 Å². The Labute approximate surface area is 112 Å². The van der Waals surface area contributed by atoms with E-state index >= 15 is 0 Å². The lowest BCUT2D eigenvalue weighted by atomic mass is 10.2. The Morgan fingerprint density at radius 2 is 1.82 bits per heavy atom. The molecular weight excluding hydrogens is 307 g/mol. The van der Waals surface area contributed by atoms with Gasteiger partial charge in [0.1, 0.15) is 5.82 Å². The van der Waals surface area contributed by atoms with Crippen molar-refractivity contribution in [1.82, 2.24) is 0 Å². The van der Waals surface area contributed by atoms with Gasteiger partial charge in [-0.25, -0.2) is 4.39 Å². The highest BCUT2D eigenvalue weighted by Crippen LogP contribution is 2.29. The molecule has 3 N–H and O–H groups in total. The SMILES string of the molecule is Nc1cc(F)c(Cl)cc1Nc1ccc(Br)cc1. The van der Waals surface area contributed by atoms with E-state index in [1.54, 1.807) is 0 Å².